The molecule has 4 aromatic rings. The third-order valence-corrected chi connectivity index (χ3v) is 4.76. The molecule has 0 unspecified atom stereocenters. The molecule has 0 aliphatic rings. The van der Waals surface area contributed by atoms with Gasteiger partial charge >= 0.3 is 0 Å². The lowest BCUT2D eigenvalue weighted by molar-refractivity contribution is 0.0941. The van der Waals surface area contributed by atoms with Crippen molar-refractivity contribution in [2.24, 2.45) is 0 Å². The Morgan fingerprint density at radius 1 is 1.33 bits per heavy atom. The van der Waals surface area contributed by atoms with Gasteiger partial charge in [-0.05, 0) is 39.5 Å². The average Bonchev–Trinajstić information content (AvgIpc) is 3.30. The number of hydrogen-bond donors (Lipinski definition) is 1. The molecule has 4 heterocycles. The van der Waals surface area contributed by atoms with Crippen molar-refractivity contribution in [3.8, 4) is 10.6 Å². The quantitative estimate of drug-likeness (QED) is 0.564. The molecule has 24 heavy (non-hydrogen) atoms. The maximum absolute atomic E-state index is 12.2. The average molecular weight is 403 g/mol. The van der Waals surface area contributed by atoms with Gasteiger partial charge in [0.05, 0.1) is 17.1 Å². The number of thiophene rings is 1. The maximum atomic E-state index is 12.2. The maximum Gasteiger partial charge on any atom is 0.273 e. The Kier molecular flexibility index (Phi) is 3.91. The highest BCUT2D eigenvalue weighted by molar-refractivity contribution is 9.10. The number of halogens is 1. The first kappa shape index (κ1) is 15.1. The molecule has 0 saturated carbocycles. The lowest BCUT2D eigenvalue weighted by Crippen LogP contribution is -2.23. The van der Waals surface area contributed by atoms with Crippen molar-refractivity contribution in [3.63, 3.8) is 0 Å². The Hall–Kier alpha value is -2.45. The summed E-state index contributed by atoms with van der Waals surface area (Å²) in [6.07, 6.45) is 3.79. The molecule has 1 N–H and O–H groups in total. The highest BCUT2D eigenvalue weighted by atomic mass is 79.9. The number of aromatic nitrogens is 3. The highest BCUT2D eigenvalue weighted by Gasteiger charge is 2.14. The van der Waals surface area contributed by atoms with E-state index in [4.69, 9.17) is 4.52 Å². The molecule has 0 saturated heterocycles. The molecule has 0 radical (unpaired) electrons. The zero-order valence-corrected chi connectivity index (χ0v) is 14.7. The smallest absolute Gasteiger partial charge is 0.273 e. The van der Waals surface area contributed by atoms with E-state index < -0.39 is 0 Å². The number of nitrogens with one attached hydrogen (secondary N) is 1. The lowest BCUT2D eigenvalue weighted by Gasteiger charge is -1.98. The summed E-state index contributed by atoms with van der Waals surface area (Å²) in [5.41, 5.74) is 1.84. The van der Waals surface area contributed by atoms with Crippen LogP contribution in [0.5, 0.6) is 0 Å². The van der Waals surface area contributed by atoms with Crippen LogP contribution in [0, 0.1) is 0 Å². The molecule has 4 rings (SSSR count). The standard InChI is InChI=1S/C16H11BrN4O2S/c17-10-3-4-15-19-11(9-21(15)8-10)7-18-16(22)12-6-13(23-20-12)14-2-1-5-24-14/h1-6,8-9H,7H2,(H,18,22). The van der Waals surface area contributed by atoms with Gasteiger partial charge in [-0.1, -0.05) is 11.2 Å². The topological polar surface area (TPSA) is 72.4 Å². The zero-order chi connectivity index (χ0) is 16.5. The van der Waals surface area contributed by atoms with Gasteiger partial charge < -0.3 is 14.2 Å². The Morgan fingerprint density at radius 3 is 3.08 bits per heavy atom. The molecule has 0 atom stereocenters. The van der Waals surface area contributed by atoms with Crippen molar-refractivity contribution in [1.29, 1.82) is 0 Å². The third kappa shape index (κ3) is 2.98. The fourth-order valence-corrected chi connectivity index (χ4v) is 3.31. The van der Waals surface area contributed by atoms with Crippen LogP contribution in [0.4, 0.5) is 0 Å². The van der Waals surface area contributed by atoms with Gasteiger partial charge in [-0.25, -0.2) is 4.98 Å². The SMILES string of the molecule is O=C(NCc1cn2cc(Br)ccc2n1)c1cc(-c2cccs2)on1. The molecule has 120 valence electrons. The van der Waals surface area contributed by atoms with Crippen LogP contribution in [0.15, 0.2) is 57.1 Å². The Bertz CT molecular complexity index is 1010. The zero-order valence-electron chi connectivity index (χ0n) is 12.3. The normalized spacial score (nSPS) is 11.0. The van der Waals surface area contributed by atoms with Crippen LogP contribution in [-0.2, 0) is 6.54 Å². The Morgan fingerprint density at radius 2 is 2.25 bits per heavy atom. The molecule has 0 aliphatic heterocycles. The summed E-state index contributed by atoms with van der Waals surface area (Å²) in [6.45, 7) is 0.319. The molecular formula is C16H11BrN4O2S. The number of amides is 1. The first-order chi connectivity index (χ1) is 11.7. The van der Waals surface area contributed by atoms with Crippen LogP contribution in [0.1, 0.15) is 16.2 Å². The molecule has 4 aromatic heterocycles. The second kappa shape index (κ2) is 6.21. The second-order valence-corrected chi connectivity index (χ2v) is 6.94. The molecule has 6 nitrogen and oxygen atoms in total. The number of imidazole rings is 1. The first-order valence-corrected chi connectivity index (χ1v) is 8.78. The van der Waals surface area contributed by atoms with Gasteiger partial charge in [0.2, 0.25) is 0 Å². The van der Waals surface area contributed by atoms with Gasteiger partial charge in [0, 0.05) is 22.9 Å². The van der Waals surface area contributed by atoms with E-state index in [2.05, 4.69) is 31.4 Å². The third-order valence-electron chi connectivity index (χ3n) is 3.40. The molecule has 8 heteroatoms. The van der Waals surface area contributed by atoms with Crippen LogP contribution in [-0.4, -0.2) is 20.4 Å². The molecule has 0 aliphatic carbocycles. The summed E-state index contributed by atoms with van der Waals surface area (Å²) in [6, 6.07) is 9.31. The largest absolute Gasteiger partial charge is 0.355 e. The Balaban J connectivity index is 1.46. The number of pyridine rings is 1. The van der Waals surface area contributed by atoms with Crippen molar-refractivity contribution in [1.82, 2.24) is 19.9 Å². The van der Waals surface area contributed by atoms with Crippen LogP contribution < -0.4 is 5.32 Å². The van der Waals surface area contributed by atoms with Gasteiger partial charge in [0.25, 0.3) is 5.91 Å². The van der Waals surface area contributed by atoms with Crippen molar-refractivity contribution in [2.75, 3.05) is 0 Å². The summed E-state index contributed by atoms with van der Waals surface area (Å²) in [5.74, 6) is 0.299. The molecular weight excluding hydrogens is 392 g/mol. The van der Waals surface area contributed by atoms with Crippen molar-refractivity contribution >= 4 is 38.8 Å². The molecule has 0 aromatic carbocycles. The van der Waals surface area contributed by atoms with Gasteiger partial charge in [0.1, 0.15) is 5.65 Å². The van der Waals surface area contributed by atoms with E-state index in [1.54, 1.807) is 6.07 Å². The van der Waals surface area contributed by atoms with Gasteiger partial charge in [-0.15, -0.1) is 11.3 Å². The summed E-state index contributed by atoms with van der Waals surface area (Å²) < 4.78 is 8.08. The molecule has 0 spiro atoms. The van der Waals surface area contributed by atoms with Crippen LogP contribution in [0.3, 0.4) is 0 Å². The first-order valence-electron chi connectivity index (χ1n) is 7.11. The lowest BCUT2D eigenvalue weighted by atomic mass is 10.3. The summed E-state index contributed by atoms with van der Waals surface area (Å²) in [5, 5.41) is 8.57. The predicted octanol–water partition coefficient (Wildman–Crippen LogP) is 3.74. The molecule has 0 fully saturated rings. The summed E-state index contributed by atoms with van der Waals surface area (Å²) in [4.78, 5) is 17.6. The van der Waals surface area contributed by atoms with Gasteiger partial charge in [-0.3, -0.25) is 4.79 Å². The predicted molar refractivity (Wildman–Crippen MR) is 93.9 cm³/mol. The van der Waals surface area contributed by atoms with E-state index in [1.165, 1.54) is 11.3 Å². The molecule has 1 amide bonds. The van der Waals surface area contributed by atoms with E-state index in [1.807, 2.05) is 46.4 Å². The fraction of sp³-hybridized carbons (Fsp3) is 0.0625. The van der Waals surface area contributed by atoms with Crippen LogP contribution in [0.25, 0.3) is 16.3 Å². The van der Waals surface area contributed by atoms with Gasteiger partial charge in [0.15, 0.2) is 11.5 Å². The number of fused-ring (bicyclic) bond motifs is 1. The van der Waals surface area contributed by atoms with E-state index in [0.717, 1.165) is 20.7 Å². The van der Waals surface area contributed by atoms with E-state index in [0.29, 0.717) is 12.3 Å². The number of rotatable bonds is 4. The minimum Gasteiger partial charge on any atom is -0.355 e. The number of hydrogen-bond acceptors (Lipinski definition) is 5. The number of carbonyl (C=O) groups excluding carboxylic acids is 1. The van der Waals surface area contributed by atoms with Crippen LogP contribution >= 0.6 is 27.3 Å². The number of nitrogens with zero attached hydrogens (tertiary/aromatic N) is 3. The van der Waals surface area contributed by atoms with Crippen molar-refractivity contribution in [3.05, 3.63) is 64.0 Å². The molecule has 0 bridgehead atoms. The van der Waals surface area contributed by atoms with E-state index >= 15 is 0 Å². The monoisotopic (exact) mass is 402 g/mol. The number of carbonyl (C=O) groups is 1. The second-order valence-electron chi connectivity index (χ2n) is 5.08. The summed E-state index contributed by atoms with van der Waals surface area (Å²) in [7, 11) is 0. The Labute approximate surface area is 149 Å². The van der Waals surface area contributed by atoms with Crippen molar-refractivity contribution < 1.29 is 9.32 Å². The minimum atomic E-state index is -0.292. The fourth-order valence-electron chi connectivity index (χ4n) is 2.28. The highest BCUT2D eigenvalue weighted by Crippen LogP contribution is 2.25. The van der Waals surface area contributed by atoms with Crippen LogP contribution in [0.2, 0.25) is 0 Å². The van der Waals surface area contributed by atoms with E-state index in [9.17, 15) is 4.79 Å². The minimum absolute atomic E-state index is 0.255. The van der Waals surface area contributed by atoms with E-state index in [-0.39, 0.29) is 11.6 Å². The van der Waals surface area contributed by atoms with Crippen molar-refractivity contribution in [2.45, 2.75) is 6.54 Å². The van der Waals surface area contributed by atoms with Gasteiger partial charge in [-0.2, -0.15) is 0 Å². The summed E-state index contributed by atoms with van der Waals surface area (Å²) >= 11 is 4.95.